The van der Waals surface area contributed by atoms with Crippen LogP contribution in [0, 0.1) is 0 Å². The second-order valence-corrected chi connectivity index (χ2v) is 4.08. The first kappa shape index (κ1) is 11.5. The molecule has 1 fully saturated rings. The second kappa shape index (κ2) is 5.32. The number of hydrogen-bond donors (Lipinski definition) is 1. The van der Waals surface area contributed by atoms with E-state index < -0.39 is 0 Å². The van der Waals surface area contributed by atoms with Crippen molar-refractivity contribution in [3.05, 3.63) is 0 Å². The summed E-state index contributed by atoms with van der Waals surface area (Å²) < 4.78 is 0. The highest BCUT2D eigenvalue weighted by atomic mass is 15.4. The van der Waals surface area contributed by atoms with Crippen LogP contribution in [-0.4, -0.2) is 62.1 Å². The molecule has 0 aromatic carbocycles. The van der Waals surface area contributed by atoms with Crippen molar-refractivity contribution in [3.8, 4) is 0 Å². The lowest BCUT2D eigenvalue weighted by atomic mass is 10.3. The molecule has 0 spiro atoms. The van der Waals surface area contributed by atoms with Gasteiger partial charge in [0.15, 0.2) is 0 Å². The highest BCUT2D eigenvalue weighted by Gasteiger charge is 2.27. The van der Waals surface area contributed by atoms with Gasteiger partial charge in [0, 0.05) is 19.1 Å². The summed E-state index contributed by atoms with van der Waals surface area (Å²) in [5, 5.41) is 2.93. The molecule has 4 nitrogen and oxygen atoms in total. The van der Waals surface area contributed by atoms with Crippen LogP contribution < -0.4 is 5.32 Å². The lowest BCUT2D eigenvalue weighted by Gasteiger charge is -2.21. The van der Waals surface area contributed by atoms with Gasteiger partial charge in [-0.2, -0.15) is 0 Å². The van der Waals surface area contributed by atoms with Gasteiger partial charge in [-0.1, -0.05) is 0 Å². The maximum absolute atomic E-state index is 3.85. The first-order valence-electron chi connectivity index (χ1n) is 5.26. The Kier molecular flexibility index (Phi) is 4.35. The molecule has 4 heteroatoms. The van der Waals surface area contributed by atoms with Crippen LogP contribution in [0.3, 0.4) is 0 Å². The van der Waals surface area contributed by atoms with Crippen LogP contribution >= 0.6 is 0 Å². The van der Waals surface area contributed by atoms with Crippen molar-refractivity contribution in [2.45, 2.75) is 26.1 Å². The van der Waals surface area contributed by atoms with Crippen molar-refractivity contribution < 1.29 is 0 Å². The fourth-order valence-corrected chi connectivity index (χ4v) is 1.70. The van der Waals surface area contributed by atoms with E-state index in [0.29, 0.717) is 6.17 Å². The molecule has 0 aromatic heterocycles. The summed E-state index contributed by atoms with van der Waals surface area (Å²) in [4.78, 5) is 8.60. The number of nitrogens with zero attached hydrogens (tertiary/aromatic N) is 3. The molecule has 2 aliphatic rings. The SMILES string of the molecule is C1=NCCN1.CC1CN(C)C(C)N1C. The summed E-state index contributed by atoms with van der Waals surface area (Å²) in [5.41, 5.74) is 0. The van der Waals surface area contributed by atoms with Crippen LogP contribution in [0.2, 0.25) is 0 Å². The highest BCUT2D eigenvalue weighted by Crippen LogP contribution is 2.14. The third kappa shape index (κ3) is 2.96. The first-order valence-corrected chi connectivity index (χ1v) is 5.26. The summed E-state index contributed by atoms with van der Waals surface area (Å²) in [6.45, 7) is 7.70. The fraction of sp³-hybridized carbons (Fsp3) is 0.900. The van der Waals surface area contributed by atoms with Crippen molar-refractivity contribution in [3.63, 3.8) is 0 Å². The smallest absolute Gasteiger partial charge is 0.0825 e. The van der Waals surface area contributed by atoms with Crippen molar-refractivity contribution in [1.82, 2.24) is 15.1 Å². The molecule has 0 saturated carbocycles. The molecule has 2 atom stereocenters. The molecule has 0 aliphatic carbocycles. The topological polar surface area (TPSA) is 30.9 Å². The molecule has 2 heterocycles. The minimum Gasteiger partial charge on any atom is -0.375 e. The van der Waals surface area contributed by atoms with Gasteiger partial charge in [0.05, 0.1) is 19.0 Å². The van der Waals surface area contributed by atoms with E-state index in [0.717, 1.165) is 19.1 Å². The lowest BCUT2D eigenvalue weighted by Crippen LogP contribution is -2.32. The van der Waals surface area contributed by atoms with Gasteiger partial charge in [-0.05, 0) is 27.9 Å². The van der Waals surface area contributed by atoms with Crippen LogP contribution in [0.4, 0.5) is 0 Å². The average molecular weight is 198 g/mol. The van der Waals surface area contributed by atoms with Gasteiger partial charge in [0.25, 0.3) is 0 Å². The van der Waals surface area contributed by atoms with Crippen molar-refractivity contribution in [2.24, 2.45) is 4.99 Å². The van der Waals surface area contributed by atoms with E-state index in [1.165, 1.54) is 6.54 Å². The van der Waals surface area contributed by atoms with Gasteiger partial charge in [-0.15, -0.1) is 0 Å². The van der Waals surface area contributed by atoms with Crippen molar-refractivity contribution >= 4 is 6.34 Å². The molecule has 82 valence electrons. The lowest BCUT2D eigenvalue weighted by molar-refractivity contribution is 0.192. The Balaban J connectivity index is 0.000000165. The minimum atomic E-state index is 0.625. The predicted octanol–water partition coefficient (Wildman–Crippen LogP) is 0.216. The van der Waals surface area contributed by atoms with Gasteiger partial charge in [0.2, 0.25) is 0 Å². The maximum Gasteiger partial charge on any atom is 0.0825 e. The van der Waals surface area contributed by atoms with Gasteiger partial charge >= 0.3 is 0 Å². The van der Waals surface area contributed by atoms with Gasteiger partial charge < -0.3 is 5.32 Å². The molecule has 1 N–H and O–H groups in total. The Morgan fingerprint density at radius 3 is 2.21 bits per heavy atom. The largest absolute Gasteiger partial charge is 0.375 e. The number of rotatable bonds is 0. The molecular weight excluding hydrogens is 176 g/mol. The predicted molar refractivity (Wildman–Crippen MR) is 60.7 cm³/mol. The van der Waals surface area contributed by atoms with Crippen LogP contribution in [-0.2, 0) is 0 Å². The van der Waals surface area contributed by atoms with Crippen LogP contribution in [0.25, 0.3) is 0 Å². The molecule has 2 unspecified atom stereocenters. The Hall–Kier alpha value is -0.610. The van der Waals surface area contributed by atoms with Gasteiger partial charge in [0.1, 0.15) is 0 Å². The molecule has 0 radical (unpaired) electrons. The van der Waals surface area contributed by atoms with E-state index in [-0.39, 0.29) is 0 Å². The Labute approximate surface area is 87.0 Å². The highest BCUT2D eigenvalue weighted by molar-refractivity contribution is 5.56. The van der Waals surface area contributed by atoms with Crippen LogP contribution in [0.1, 0.15) is 13.8 Å². The molecular formula is C10H22N4. The van der Waals surface area contributed by atoms with Crippen LogP contribution in [0.5, 0.6) is 0 Å². The standard InChI is InChI=1S/C7H16N2.C3H6N2/c1-6-5-8(3)7(2)9(6)4;1-2-5-3-4-1/h6-7H,5H2,1-4H3;3H,1-2H2,(H,4,5). The van der Waals surface area contributed by atoms with Gasteiger partial charge in [-0.25, -0.2) is 0 Å². The quantitative estimate of drug-likeness (QED) is 0.604. The zero-order valence-electron chi connectivity index (χ0n) is 9.70. The van der Waals surface area contributed by atoms with E-state index in [1.807, 2.05) is 0 Å². The zero-order chi connectivity index (χ0) is 10.6. The van der Waals surface area contributed by atoms with E-state index in [9.17, 15) is 0 Å². The molecule has 14 heavy (non-hydrogen) atoms. The number of likely N-dealkylation sites (N-methyl/N-ethyl adjacent to an activating group) is 2. The maximum atomic E-state index is 3.85. The normalized spacial score (nSPS) is 32.6. The van der Waals surface area contributed by atoms with E-state index in [1.54, 1.807) is 6.34 Å². The second-order valence-electron chi connectivity index (χ2n) is 4.08. The fourth-order valence-electron chi connectivity index (χ4n) is 1.70. The summed E-state index contributed by atoms with van der Waals surface area (Å²) in [6, 6.07) is 0.727. The number of aliphatic imine (C=N–C) groups is 1. The van der Waals surface area contributed by atoms with Crippen molar-refractivity contribution in [1.29, 1.82) is 0 Å². The summed E-state index contributed by atoms with van der Waals surface area (Å²) in [6.07, 6.45) is 2.36. The molecule has 2 aliphatic heterocycles. The summed E-state index contributed by atoms with van der Waals surface area (Å²) in [7, 11) is 4.35. The summed E-state index contributed by atoms with van der Waals surface area (Å²) >= 11 is 0. The monoisotopic (exact) mass is 198 g/mol. The van der Waals surface area contributed by atoms with Crippen molar-refractivity contribution in [2.75, 3.05) is 33.7 Å². The third-order valence-corrected chi connectivity index (χ3v) is 3.04. The van der Waals surface area contributed by atoms with E-state index in [2.05, 4.69) is 48.1 Å². The zero-order valence-corrected chi connectivity index (χ0v) is 9.70. The van der Waals surface area contributed by atoms with E-state index in [4.69, 9.17) is 0 Å². The van der Waals surface area contributed by atoms with E-state index >= 15 is 0 Å². The Morgan fingerprint density at radius 2 is 2.07 bits per heavy atom. The number of hydrogen-bond acceptors (Lipinski definition) is 4. The third-order valence-electron chi connectivity index (χ3n) is 3.04. The molecule has 1 saturated heterocycles. The Morgan fingerprint density at radius 1 is 1.36 bits per heavy atom. The van der Waals surface area contributed by atoms with Gasteiger partial charge in [-0.3, -0.25) is 14.8 Å². The molecule has 0 aromatic rings. The summed E-state index contributed by atoms with van der Waals surface area (Å²) in [5.74, 6) is 0. The first-order chi connectivity index (χ1) is 6.63. The number of nitrogens with one attached hydrogen (secondary N) is 1. The average Bonchev–Trinajstić information content (AvgIpc) is 2.78. The molecule has 0 amide bonds. The Bertz CT molecular complexity index is 175. The van der Waals surface area contributed by atoms with Crippen LogP contribution in [0.15, 0.2) is 4.99 Å². The molecule has 0 bridgehead atoms. The minimum absolute atomic E-state index is 0.625. The molecule has 2 rings (SSSR count).